The molecule has 0 atom stereocenters. The Kier molecular flexibility index (Phi) is 4.91. The molecule has 0 bridgehead atoms. The number of carbonyl (C=O) groups is 1. The lowest BCUT2D eigenvalue weighted by molar-refractivity contribution is -0.385. The maximum Gasteiger partial charge on any atom is 0.421 e. The molecule has 0 saturated carbocycles. The highest BCUT2D eigenvalue weighted by molar-refractivity contribution is 5.91. The van der Waals surface area contributed by atoms with Gasteiger partial charge in [-0.15, -0.1) is 0 Å². The standard InChI is InChI=1S/C15H12F3N3O4/c1-9-11(5-2-6-12(9)21(24)25)19-13(22)8-20-7-3-4-10(14(20)23)15(16,17)18/h2-7H,8H2,1H3,(H,19,22). The third-order valence-corrected chi connectivity index (χ3v) is 3.42. The van der Waals surface area contributed by atoms with Gasteiger partial charge in [-0.2, -0.15) is 13.2 Å². The van der Waals surface area contributed by atoms with Crippen LogP contribution in [0.2, 0.25) is 0 Å². The second-order valence-electron chi connectivity index (χ2n) is 5.11. The topological polar surface area (TPSA) is 94.2 Å². The zero-order chi connectivity index (χ0) is 18.8. The highest BCUT2D eigenvalue weighted by atomic mass is 19.4. The number of nitro groups is 1. The van der Waals surface area contributed by atoms with Crippen molar-refractivity contribution < 1.29 is 22.9 Å². The van der Waals surface area contributed by atoms with Crippen molar-refractivity contribution in [1.29, 1.82) is 0 Å². The molecule has 0 fully saturated rings. The molecule has 0 saturated heterocycles. The first-order chi connectivity index (χ1) is 11.6. The quantitative estimate of drug-likeness (QED) is 0.674. The average Bonchev–Trinajstić information content (AvgIpc) is 2.50. The van der Waals surface area contributed by atoms with Gasteiger partial charge in [0, 0.05) is 12.3 Å². The second-order valence-corrected chi connectivity index (χ2v) is 5.11. The first-order valence-corrected chi connectivity index (χ1v) is 6.91. The molecule has 1 aromatic heterocycles. The molecule has 2 rings (SSSR count). The van der Waals surface area contributed by atoms with E-state index in [-0.39, 0.29) is 16.9 Å². The van der Waals surface area contributed by atoms with Crippen LogP contribution in [-0.4, -0.2) is 15.4 Å². The summed E-state index contributed by atoms with van der Waals surface area (Å²) in [5.74, 6) is -0.787. The summed E-state index contributed by atoms with van der Waals surface area (Å²) in [7, 11) is 0. The van der Waals surface area contributed by atoms with Gasteiger partial charge in [0.05, 0.1) is 16.2 Å². The fraction of sp³-hybridized carbons (Fsp3) is 0.200. The summed E-state index contributed by atoms with van der Waals surface area (Å²) in [4.78, 5) is 34.0. The summed E-state index contributed by atoms with van der Waals surface area (Å²) < 4.78 is 38.7. The van der Waals surface area contributed by atoms with E-state index in [0.29, 0.717) is 10.6 Å². The number of pyridine rings is 1. The number of alkyl halides is 3. The van der Waals surface area contributed by atoms with Crippen LogP contribution in [0.15, 0.2) is 41.3 Å². The smallest absolute Gasteiger partial charge is 0.324 e. The number of benzene rings is 1. The van der Waals surface area contributed by atoms with Gasteiger partial charge in [-0.25, -0.2) is 0 Å². The van der Waals surface area contributed by atoms with E-state index in [2.05, 4.69) is 5.32 Å². The molecule has 132 valence electrons. The van der Waals surface area contributed by atoms with E-state index in [1.165, 1.54) is 25.1 Å². The number of nitrogens with zero attached hydrogens (tertiary/aromatic N) is 2. The number of anilines is 1. The number of hydrogen-bond acceptors (Lipinski definition) is 4. The van der Waals surface area contributed by atoms with Crippen molar-refractivity contribution in [2.24, 2.45) is 0 Å². The van der Waals surface area contributed by atoms with Crippen LogP contribution in [-0.2, 0) is 17.5 Å². The Bertz CT molecular complexity index is 890. The van der Waals surface area contributed by atoms with Gasteiger partial charge >= 0.3 is 6.18 Å². The minimum absolute atomic E-state index is 0.138. The first kappa shape index (κ1) is 18.2. The highest BCUT2D eigenvalue weighted by Gasteiger charge is 2.34. The predicted octanol–water partition coefficient (Wildman–Crippen LogP) is 2.72. The van der Waals surface area contributed by atoms with Crippen LogP contribution < -0.4 is 10.9 Å². The summed E-state index contributed by atoms with van der Waals surface area (Å²) in [5.41, 5.74) is -2.61. The molecule has 0 unspecified atom stereocenters. The Hall–Kier alpha value is -3.17. The van der Waals surface area contributed by atoms with E-state index in [4.69, 9.17) is 0 Å². The van der Waals surface area contributed by atoms with Gasteiger partial charge in [-0.05, 0) is 25.1 Å². The van der Waals surface area contributed by atoms with Gasteiger partial charge in [0.1, 0.15) is 12.1 Å². The largest absolute Gasteiger partial charge is 0.421 e. The van der Waals surface area contributed by atoms with Gasteiger partial charge in [0.2, 0.25) is 5.91 Å². The number of nitrogens with one attached hydrogen (secondary N) is 1. The van der Waals surface area contributed by atoms with Crippen molar-refractivity contribution in [2.45, 2.75) is 19.6 Å². The van der Waals surface area contributed by atoms with Crippen LogP contribution in [0.3, 0.4) is 0 Å². The van der Waals surface area contributed by atoms with Gasteiger partial charge in [0.25, 0.3) is 11.2 Å². The fourth-order valence-electron chi connectivity index (χ4n) is 2.18. The van der Waals surface area contributed by atoms with Gasteiger partial charge in [0.15, 0.2) is 0 Å². The summed E-state index contributed by atoms with van der Waals surface area (Å²) in [6.07, 6.45) is -3.77. The molecule has 0 spiro atoms. The highest BCUT2D eigenvalue weighted by Crippen LogP contribution is 2.26. The molecule has 0 aliphatic carbocycles. The molecule has 2 aromatic rings. The lowest BCUT2D eigenvalue weighted by atomic mass is 10.1. The molecule has 1 heterocycles. The number of amides is 1. The normalized spacial score (nSPS) is 11.2. The van der Waals surface area contributed by atoms with Crippen LogP contribution in [0.1, 0.15) is 11.1 Å². The van der Waals surface area contributed by atoms with Gasteiger partial charge in [-0.1, -0.05) is 6.07 Å². The lowest BCUT2D eigenvalue weighted by Gasteiger charge is -2.11. The molecule has 7 nitrogen and oxygen atoms in total. The summed E-state index contributed by atoms with van der Waals surface area (Å²) in [6, 6.07) is 5.66. The van der Waals surface area contributed by atoms with Crippen molar-refractivity contribution in [3.8, 4) is 0 Å². The molecule has 0 aliphatic rings. The minimum atomic E-state index is -4.83. The number of aromatic nitrogens is 1. The van der Waals surface area contributed by atoms with Gasteiger partial charge in [-0.3, -0.25) is 19.7 Å². The van der Waals surface area contributed by atoms with Crippen molar-refractivity contribution in [3.63, 3.8) is 0 Å². The number of halogens is 3. The van der Waals surface area contributed by atoms with E-state index in [0.717, 1.165) is 12.3 Å². The van der Waals surface area contributed by atoms with Crippen molar-refractivity contribution in [1.82, 2.24) is 4.57 Å². The van der Waals surface area contributed by atoms with Gasteiger partial charge < -0.3 is 9.88 Å². The number of nitro benzene ring substituents is 1. The van der Waals surface area contributed by atoms with Crippen molar-refractivity contribution >= 4 is 17.3 Å². The summed E-state index contributed by atoms with van der Waals surface area (Å²) in [6.45, 7) is 0.759. The Labute approximate surface area is 138 Å². The Balaban J connectivity index is 2.24. The molecule has 0 radical (unpaired) electrons. The van der Waals surface area contributed by atoms with E-state index in [9.17, 15) is 32.9 Å². The van der Waals surface area contributed by atoms with Crippen LogP contribution in [0.4, 0.5) is 24.5 Å². The van der Waals surface area contributed by atoms with E-state index in [1.807, 2.05) is 0 Å². The average molecular weight is 355 g/mol. The van der Waals surface area contributed by atoms with E-state index < -0.39 is 34.7 Å². The SMILES string of the molecule is Cc1c(NC(=O)Cn2cccc(C(F)(F)F)c2=O)cccc1[N+](=O)[O-]. The second kappa shape index (κ2) is 6.75. The minimum Gasteiger partial charge on any atom is -0.324 e. The lowest BCUT2D eigenvalue weighted by Crippen LogP contribution is -2.32. The molecular formula is C15H12F3N3O4. The van der Waals surface area contributed by atoms with Crippen LogP contribution >= 0.6 is 0 Å². The molecule has 0 aliphatic heterocycles. The fourth-order valence-corrected chi connectivity index (χ4v) is 2.18. The molecule has 1 N–H and O–H groups in total. The molecule has 10 heteroatoms. The Morgan fingerprint density at radius 2 is 1.96 bits per heavy atom. The van der Waals surface area contributed by atoms with Crippen LogP contribution in [0.5, 0.6) is 0 Å². The molecule has 25 heavy (non-hydrogen) atoms. The van der Waals surface area contributed by atoms with Crippen molar-refractivity contribution in [3.05, 3.63) is 68.1 Å². The maximum atomic E-state index is 12.7. The zero-order valence-electron chi connectivity index (χ0n) is 12.8. The Morgan fingerprint density at radius 1 is 1.28 bits per heavy atom. The Morgan fingerprint density at radius 3 is 2.56 bits per heavy atom. The molecule has 1 amide bonds. The van der Waals surface area contributed by atoms with Crippen LogP contribution in [0, 0.1) is 17.0 Å². The van der Waals surface area contributed by atoms with Crippen LogP contribution in [0.25, 0.3) is 0 Å². The third kappa shape index (κ3) is 4.03. The molecule has 1 aromatic carbocycles. The van der Waals surface area contributed by atoms with Crippen molar-refractivity contribution in [2.75, 3.05) is 5.32 Å². The first-order valence-electron chi connectivity index (χ1n) is 6.91. The summed E-state index contributed by atoms with van der Waals surface area (Å²) >= 11 is 0. The van der Waals surface area contributed by atoms with E-state index in [1.54, 1.807) is 0 Å². The number of hydrogen-bond donors (Lipinski definition) is 1. The number of carbonyl (C=O) groups excluding carboxylic acids is 1. The maximum absolute atomic E-state index is 12.7. The summed E-state index contributed by atoms with van der Waals surface area (Å²) in [5, 5.41) is 13.2. The third-order valence-electron chi connectivity index (χ3n) is 3.42. The number of rotatable bonds is 4. The predicted molar refractivity (Wildman–Crippen MR) is 82.2 cm³/mol. The zero-order valence-corrected chi connectivity index (χ0v) is 12.8. The molecular weight excluding hydrogens is 343 g/mol. The monoisotopic (exact) mass is 355 g/mol. The van der Waals surface area contributed by atoms with E-state index >= 15 is 0 Å².